The van der Waals surface area contributed by atoms with E-state index in [1.54, 1.807) is 11.8 Å². The number of benzene rings is 1. The molecule has 3 heteroatoms. The summed E-state index contributed by atoms with van der Waals surface area (Å²) in [6.07, 6.45) is 4.88. The average molecular weight is 233 g/mol. The van der Waals surface area contributed by atoms with Crippen molar-refractivity contribution >= 4 is 17.7 Å². The summed E-state index contributed by atoms with van der Waals surface area (Å²) in [6.45, 7) is 0.781. The third-order valence-corrected chi connectivity index (χ3v) is 4.39. The molecular weight excluding hydrogens is 218 g/mol. The molecule has 1 amide bonds. The smallest absolute Gasteiger partial charge is 0.252 e. The predicted octanol–water partition coefficient (Wildman–Crippen LogP) is 2.40. The van der Waals surface area contributed by atoms with Gasteiger partial charge < -0.3 is 5.32 Å². The van der Waals surface area contributed by atoms with E-state index in [0.29, 0.717) is 0 Å². The molecule has 2 nitrogen and oxygen atoms in total. The van der Waals surface area contributed by atoms with Crippen LogP contribution < -0.4 is 5.32 Å². The van der Waals surface area contributed by atoms with Crippen LogP contribution in [0, 0.1) is 0 Å². The van der Waals surface area contributed by atoms with E-state index in [0.717, 1.165) is 24.3 Å². The molecule has 2 aliphatic rings. The van der Waals surface area contributed by atoms with Gasteiger partial charge in [-0.05, 0) is 48.9 Å². The average Bonchev–Trinajstić information content (AvgIpc) is 2.49. The molecule has 1 aliphatic carbocycles. The van der Waals surface area contributed by atoms with Gasteiger partial charge in [0, 0.05) is 17.2 Å². The van der Waals surface area contributed by atoms with Crippen LogP contribution in [0.5, 0.6) is 0 Å². The van der Waals surface area contributed by atoms with Gasteiger partial charge in [-0.25, -0.2) is 0 Å². The second-order valence-corrected chi connectivity index (χ2v) is 5.57. The Labute approximate surface area is 99.8 Å². The molecule has 1 aromatic rings. The van der Waals surface area contributed by atoms with Crippen LogP contribution in [0.2, 0.25) is 0 Å². The van der Waals surface area contributed by atoms with Gasteiger partial charge in [0.25, 0.3) is 5.91 Å². The van der Waals surface area contributed by atoms with Crippen molar-refractivity contribution < 1.29 is 4.79 Å². The fraction of sp³-hybridized carbons (Fsp3) is 0.462. The van der Waals surface area contributed by atoms with Crippen LogP contribution >= 0.6 is 11.8 Å². The number of carbonyl (C=O) groups excluding carboxylic acids is 1. The van der Waals surface area contributed by atoms with Gasteiger partial charge in [-0.3, -0.25) is 4.79 Å². The van der Waals surface area contributed by atoms with Crippen LogP contribution in [0.15, 0.2) is 17.0 Å². The summed E-state index contributed by atoms with van der Waals surface area (Å²) in [7, 11) is 0. The van der Waals surface area contributed by atoms with Crippen molar-refractivity contribution in [2.24, 2.45) is 0 Å². The molecule has 16 heavy (non-hydrogen) atoms. The third kappa shape index (κ3) is 1.73. The summed E-state index contributed by atoms with van der Waals surface area (Å²) in [5.74, 6) is 1.09. The van der Waals surface area contributed by atoms with Gasteiger partial charge >= 0.3 is 0 Å². The lowest BCUT2D eigenvalue weighted by Gasteiger charge is -2.18. The second-order valence-electron chi connectivity index (χ2n) is 4.43. The highest BCUT2D eigenvalue weighted by Gasteiger charge is 2.19. The Balaban J connectivity index is 2.10. The summed E-state index contributed by atoms with van der Waals surface area (Å²) in [6, 6.07) is 4.37. The van der Waals surface area contributed by atoms with Crippen molar-refractivity contribution in [3.05, 3.63) is 28.8 Å². The van der Waals surface area contributed by atoms with Gasteiger partial charge in [0.2, 0.25) is 0 Å². The maximum atomic E-state index is 11.9. The van der Waals surface area contributed by atoms with Gasteiger partial charge in [0.05, 0.1) is 5.56 Å². The zero-order chi connectivity index (χ0) is 11.0. The van der Waals surface area contributed by atoms with Crippen molar-refractivity contribution in [1.82, 2.24) is 5.32 Å². The van der Waals surface area contributed by atoms with Crippen LogP contribution in [-0.2, 0) is 12.8 Å². The minimum absolute atomic E-state index is 0.105. The van der Waals surface area contributed by atoms with Crippen LogP contribution in [-0.4, -0.2) is 18.2 Å². The molecule has 0 saturated carbocycles. The molecule has 0 saturated heterocycles. The number of aryl methyl sites for hydroxylation is 2. The fourth-order valence-electron chi connectivity index (χ4n) is 2.48. The van der Waals surface area contributed by atoms with Gasteiger partial charge in [0.15, 0.2) is 0 Å². The molecule has 0 unspecified atom stereocenters. The maximum Gasteiger partial charge on any atom is 0.252 e. The molecule has 1 N–H and O–H groups in total. The number of hydrogen-bond acceptors (Lipinski definition) is 2. The zero-order valence-corrected chi connectivity index (χ0v) is 10.0. The molecule has 1 heterocycles. The van der Waals surface area contributed by atoms with E-state index >= 15 is 0 Å². The lowest BCUT2D eigenvalue weighted by molar-refractivity contribution is 0.0954. The standard InChI is InChI=1S/C13H15NOS/c15-13-11-7-9-3-1-2-4-10(9)8-12(11)16-6-5-14-13/h7-8H,1-6H2,(H,14,15). The third-order valence-electron chi connectivity index (χ3n) is 3.33. The quantitative estimate of drug-likeness (QED) is 0.745. The van der Waals surface area contributed by atoms with Crippen molar-refractivity contribution in [1.29, 1.82) is 0 Å². The SMILES string of the molecule is O=C1NCCSc2cc3c(cc21)CCCC3. The first-order valence-electron chi connectivity index (χ1n) is 5.91. The molecule has 0 fully saturated rings. The minimum Gasteiger partial charge on any atom is -0.351 e. The number of hydrogen-bond donors (Lipinski definition) is 1. The lowest BCUT2D eigenvalue weighted by Crippen LogP contribution is -2.24. The van der Waals surface area contributed by atoms with E-state index in [2.05, 4.69) is 17.4 Å². The lowest BCUT2D eigenvalue weighted by atomic mass is 9.90. The highest BCUT2D eigenvalue weighted by Crippen LogP contribution is 2.31. The van der Waals surface area contributed by atoms with Crippen molar-refractivity contribution in [2.45, 2.75) is 30.6 Å². The molecule has 0 bridgehead atoms. The monoisotopic (exact) mass is 233 g/mol. The van der Waals surface area contributed by atoms with E-state index < -0.39 is 0 Å². The Morgan fingerprint density at radius 1 is 1.12 bits per heavy atom. The molecular formula is C13H15NOS. The number of thioether (sulfide) groups is 1. The zero-order valence-electron chi connectivity index (χ0n) is 9.21. The van der Waals surface area contributed by atoms with Crippen LogP contribution in [0.3, 0.4) is 0 Å². The van der Waals surface area contributed by atoms with Crippen molar-refractivity contribution in [3.63, 3.8) is 0 Å². The largest absolute Gasteiger partial charge is 0.351 e. The number of rotatable bonds is 0. The molecule has 1 aliphatic heterocycles. The number of fused-ring (bicyclic) bond motifs is 2. The molecule has 0 aromatic heterocycles. The molecule has 84 valence electrons. The molecule has 1 aromatic carbocycles. The Morgan fingerprint density at radius 3 is 2.69 bits per heavy atom. The summed E-state index contributed by atoms with van der Waals surface area (Å²) in [5.41, 5.74) is 3.75. The summed E-state index contributed by atoms with van der Waals surface area (Å²) < 4.78 is 0. The maximum absolute atomic E-state index is 11.9. The first-order chi connectivity index (χ1) is 7.84. The molecule has 3 rings (SSSR count). The van der Waals surface area contributed by atoms with E-state index in [1.165, 1.54) is 35.3 Å². The number of nitrogens with one attached hydrogen (secondary N) is 1. The normalized spacial score (nSPS) is 19.4. The summed E-state index contributed by atoms with van der Waals surface area (Å²) in [4.78, 5) is 13.0. The second kappa shape index (κ2) is 4.13. The van der Waals surface area contributed by atoms with Crippen molar-refractivity contribution in [3.8, 4) is 0 Å². The fourth-order valence-corrected chi connectivity index (χ4v) is 3.44. The first-order valence-corrected chi connectivity index (χ1v) is 6.90. The summed E-state index contributed by atoms with van der Waals surface area (Å²) in [5, 5.41) is 2.95. The number of amides is 1. The van der Waals surface area contributed by atoms with E-state index in [9.17, 15) is 4.79 Å². The van der Waals surface area contributed by atoms with Crippen molar-refractivity contribution in [2.75, 3.05) is 12.3 Å². The highest BCUT2D eigenvalue weighted by atomic mass is 32.2. The van der Waals surface area contributed by atoms with E-state index in [-0.39, 0.29) is 5.91 Å². The van der Waals surface area contributed by atoms with Crippen LogP contribution in [0.1, 0.15) is 34.3 Å². The van der Waals surface area contributed by atoms with Gasteiger partial charge in [0.1, 0.15) is 0 Å². The van der Waals surface area contributed by atoms with E-state index in [1.807, 2.05) is 0 Å². The Bertz CT molecular complexity index is 442. The Hall–Kier alpha value is -0.960. The Morgan fingerprint density at radius 2 is 1.88 bits per heavy atom. The van der Waals surface area contributed by atoms with Crippen LogP contribution in [0.25, 0.3) is 0 Å². The molecule has 0 spiro atoms. The minimum atomic E-state index is 0.105. The van der Waals surface area contributed by atoms with Gasteiger partial charge in [-0.2, -0.15) is 0 Å². The molecule has 0 atom stereocenters. The Kier molecular flexibility index (Phi) is 2.64. The van der Waals surface area contributed by atoms with Gasteiger partial charge in [-0.1, -0.05) is 0 Å². The van der Waals surface area contributed by atoms with Gasteiger partial charge in [-0.15, -0.1) is 11.8 Å². The summed E-state index contributed by atoms with van der Waals surface area (Å²) >= 11 is 1.80. The predicted molar refractivity (Wildman–Crippen MR) is 66.1 cm³/mol. The highest BCUT2D eigenvalue weighted by molar-refractivity contribution is 7.99. The topological polar surface area (TPSA) is 29.1 Å². The number of carbonyl (C=O) groups is 1. The van der Waals surface area contributed by atoms with E-state index in [4.69, 9.17) is 0 Å². The first kappa shape index (κ1) is 10.2. The molecule has 0 radical (unpaired) electrons. The van der Waals surface area contributed by atoms with Crippen LogP contribution in [0.4, 0.5) is 0 Å².